The van der Waals surface area contributed by atoms with Gasteiger partial charge in [0.2, 0.25) is 0 Å². The van der Waals surface area contributed by atoms with Gasteiger partial charge in [0, 0.05) is 11.1 Å². The maximum Gasteiger partial charge on any atom is 0.309 e. The Morgan fingerprint density at radius 1 is 1.43 bits per heavy atom. The highest BCUT2D eigenvalue weighted by molar-refractivity contribution is 6.30. The van der Waals surface area contributed by atoms with Gasteiger partial charge in [-0.1, -0.05) is 24.6 Å². The lowest BCUT2D eigenvalue weighted by atomic mass is 9.76. The van der Waals surface area contributed by atoms with Crippen LogP contribution in [-0.4, -0.2) is 29.1 Å². The predicted octanol–water partition coefficient (Wildman–Crippen LogP) is 3.90. The van der Waals surface area contributed by atoms with Crippen molar-refractivity contribution in [3.8, 4) is 0 Å². The molecule has 1 aliphatic carbocycles. The summed E-state index contributed by atoms with van der Waals surface area (Å²) in [5, 5.41) is 10.3. The van der Waals surface area contributed by atoms with Gasteiger partial charge in [-0.2, -0.15) is 0 Å². The van der Waals surface area contributed by atoms with E-state index in [2.05, 4.69) is 17.0 Å². The lowest BCUT2D eigenvalue weighted by Gasteiger charge is -2.41. The number of fused-ring (bicyclic) bond motifs is 1. The summed E-state index contributed by atoms with van der Waals surface area (Å²) >= 11 is 6.07. The fraction of sp³-hybridized carbons (Fsp3) is 0.588. The van der Waals surface area contributed by atoms with Gasteiger partial charge >= 0.3 is 5.97 Å². The van der Waals surface area contributed by atoms with Crippen molar-refractivity contribution in [2.24, 2.45) is 5.41 Å². The minimum absolute atomic E-state index is 0.445. The van der Waals surface area contributed by atoms with Crippen molar-refractivity contribution in [1.82, 2.24) is 4.90 Å². The summed E-state index contributed by atoms with van der Waals surface area (Å²) in [4.78, 5) is 14.0. The van der Waals surface area contributed by atoms with Crippen LogP contribution in [-0.2, 0) is 11.2 Å². The van der Waals surface area contributed by atoms with Crippen molar-refractivity contribution in [3.05, 3.63) is 34.3 Å². The maximum absolute atomic E-state index is 11.5. The van der Waals surface area contributed by atoms with E-state index in [-0.39, 0.29) is 0 Å². The molecule has 3 rings (SSSR count). The van der Waals surface area contributed by atoms with Crippen molar-refractivity contribution in [2.45, 2.75) is 45.1 Å². The summed E-state index contributed by atoms with van der Waals surface area (Å²) in [5.41, 5.74) is 2.24. The number of halogens is 1. The number of hydrogen-bond acceptors (Lipinski definition) is 2. The quantitative estimate of drug-likeness (QED) is 0.920. The molecule has 0 radical (unpaired) electrons. The number of carbonyl (C=O) groups is 1. The van der Waals surface area contributed by atoms with Gasteiger partial charge in [0.25, 0.3) is 0 Å². The first-order valence-corrected chi connectivity index (χ1v) is 8.19. The highest BCUT2D eigenvalue weighted by Crippen LogP contribution is 2.42. The maximum atomic E-state index is 11.5. The second-order valence-electron chi connectivity index (χ2n) is 6.37. The molecule has 1 unspecified atom stereocenters. The van der Waals surface area contributed by atoms with Crippen LogP contribution in [0.15, 0.2) is 18.2 Å². The molecule has 1 fully saturated rings. The second-order valence-corrected chi connectivity index (χ2v) is 6.81. The summed E-state index contributed by atoms with van der Waals surface area (Å²) < 4.78 is 0. The van der Waals surface area contributed by atoms with Crippen molar-refractivity contribution < 1.29 is 9.90 Å². The molecule has 0 saturated carbocycles. The number of carboxylic acid groups (broad SMARTS) is 1. The zero-order valence-corrected chi connectivity index (χ0v) is 13.2. The van der Waals surface area contributed by atoms with Crippen molar-refractivity contribution in [2.75, 3.05) is 13.1 Å². The fourth-order valence-electron chi connectivity index (χ4n) is 3.93. The van der Waals surface area contributed by atoms with Gasteiger partial charge in [0.1, 0.15) is 0 Å². The predicted molar refractivity (Wildman–Crippen MR) is 83.7 cm³/mol. The van der Waals surface area contributed by atoms with Crippen LogP contribution in [0.1, 0.15) is 49.8 Å². The number of benzene rings is 1. The SMILES string of the molecule is CCC1(C(=O)O)CCN(C2CCc3cc(Cl)ccc32)CC1. The van der Waals surface area contributed by atoms with Gasteiger partial charge in [-0.05, 0) is 68.5 Å². The Morgan fingerprint density at radius 3 is 2.76 bits per heavy atom. The average Bonchev–Trinajstić information content (AvgIpc) is 2.90. The summed E-state index contributed by atoms with van der Waals surface area (Å²) in [5.74, 6) is -0.622. The highest BCUT2D eigenvalue weighted by atomic mass is 35.5. The number of nitrogens with zero attached hydrogens (tertiary/aromatic N) is 1. The standard InChI is InChI=1S/C17H22ClNO2/c1-2-17(16(20)21)7-9-19(10-8-17)15-6-3-12-11-13(18)4-5-14(12)15/h4-5,11,15H,2-3,6-10H2,1H3,(H,20,21). The molecule has 0 amide bonds. The van der Waals surface area contributed by atoms with Crippen molar-refractivity contribution >= 4 is 17.6 Å². The molecule has 1 aromatic carbocycles. The van der Waals surface area contributed by atoms with E-state index in [0.717, 1.165) is 50.2 Å². The average molecular weight is 308 g/mol. The Balaban J connectivity index is 1.73. The molecule has 21 heavy (non-hydrogen) atoms. The van der Waals surface area contributed by atoms with E-state index in [1.54, 1.807) is 0 Å². The van der Waals surface area contributed by atoms with E-state index < -0.39 is 11.4 Å². The number of aliphatic carboxylic acids is 1. The Morgan fingerprint density at radius 2 is 2.14 bits per heavy atom. The molecular formula is C17H22ClNO2. The molecule has 114 valence electrons. The van der Waals surface area contributed by atoms with Crippen LogP contribution in [0.25, 0.3) is 0 Å². The number of piperidine rings is 1. The van der Waals surface area contributed by atoms with E-state index in [4.69, 9.17) is 11.6 Å². The van der Waals surface area contributed by atoms with Crippen LogP contribution < -0.4 is 0 Å². The van der Waals surface area contributed by atoms with Gasteiger partial charge in [0.05, 0.1) is 5.41 Å². The Bertz CT molecular complexity index is 550. The minimum atomic E-state index is -0.622. The van der Waals surface area contributed by atoms with Crippen LogP contribution in [0, 0.1) is 5.41 Å². The van der Waals surface area contributed by atoms with Crippen LogP contribution in [0.5, 0.6) is 0 Å². The molecule has 0 aromatic heterocycles. The van der Waals surface area contributed by atoms with Crippen LogP contribution in [0.2, 0.25) is 5.02 Å². The fourth-order valence-corrected chi connectivity index (χ4v) is 4.12. The molecule has 4 heteroatoms. The molecule has 3 nitrogen and oxygen atoms in total. The van der Waals surface area contributed by atoms with Crippen LogP contribution >= 0.6 is 11.6 Å². The first-order valence-electron chi connectivity index (χ1n) is 7.81. The molecule has 1 saturated heterocycles. The smallest absolute Gasteiger partial charge is 0.309 e. The zero-order chi connectivity index (χ0) is 15.0. The summed E-state index contributed by atoms with van der Waals surface area (Å²) in [6, 6.07) is 6.64. The van der Waals surface area contributed by atoms with Gasteiger partial charge in [-0.25, -0.2) is 0 Å². The van der Waals surface area contributed by atoms with Gasteiger partial charge < -0.3 is 5.11 Å². The molecule has 2 aliphatic rings. The minimum Gasteiger partial charge on any atom is -0.481 e. The van der Waals surface area contributed by atoms with E-state index in [9.17, 15) is 9.90 Å². The molecule has 1 heterocycles. The Hall–Kier alpha value is -1.06. The van der Waals surface area contributed by atoms with Gasteiger partial charge in [-0.3, -0.25) is 9.69 Å². The molecule has 1 aromatic rings. The van der Waals surface area contributed by atoms with E-state index in [1.165, 1.54) is 11.1 Å². The normalized spacial score (nSPS) is 24.8. The lowest BCUT2D eigenvalue weighted by Crippen LogP contribution is -2.45. The topological polar surface area (TPSA) is 40.5 Å². The molecule has 1 aliphatic heterocycles. The summed E-state index contributed by atoms with van der Waals surface area (Å²) in [7, 11) is 0. The monoisotopic (exact) mass is 307 g/mol. The number of hydrogen-bond donors (Lipinski definition) is 1. The Labute approximate surface area is 130 Å². The van der Waals surface area contributed by atoms with Crippen molar-refractivity contribution in [1.29, 1.82) is 0 Å². The molecule has 0 spiro atoms. The summed E-state index contributed by atoms with van der Waals surface area (Å²) in [6.07, 6.45) is 4.46. The zero-order valence-electron chi connectivity index (χ0n) is 12.4. The third kappa shape index (κ3) is 2.58. The van der Waals surface area contributed by atoms with Gasteiger partial charge in [-0.15, -0.1) is 0 Å². The van der Waals surface area contributed by atoms with E-state index >= 15 is 0 Å². The lowest BCUT2D eigenvalue weighted by molar-refractivity contribution is -0.152. The largest absolute Gasteiger partial charge is 0.481 e. The highest BCUT2D eigenvalue weighted by Gasteiger charge is 2.42. The number of likely N-dealkylation sites (tertiary alicyclic amines) is 1. The molecular weight excluding hydrogens is 286 g/mol. The third-order valence-corrected chi connectivity index (χ3v) is 5.71. The molecule has 1 N–H and O–H groups in total. The third-order valence-electron chi connectivity index (χ3n) is 5.48. The summed E-state index contributed by atoms with van der Waals surface area (Å²) in [6.45, 7) is 3.76. The number of rotatable bonds is 3. The van der Waals surface area contributed by atoms with E-state index in [1.807, 2.05) is 13.0 Å². The second kappa shape index (κ2) is 5.62. The number of aryl methyl sites for hydroxylation is 1. The van der Waals surface area contributed by atoms with Crippen molar-refractivity contribution in [3.63, 3.8) is 0 Å². The first-order chi connectivity index (χ1) is 10.1. The van der Waals surface area contributed by atoms with E-state index in [0.29, 0.717) is 6.04 Å². The van der Waals surface area contributed by atoms with Gasteiger partial charge in [0.15, 0.2) is 0 Å². The van der Waals surface area contributed by atoms with Crippen LogP contribution in [0.4, 0.5) is 0 Å². The number of carboxylic acids is 1. The Kier molecular flexibility index (Phi) is 3.98. The molecule has 1 atom stereocenters. The molecule has 0 bridgehead atoms. The first kappa shape index (κ1) is 14.9. The van der Waals surface area contributed by atoms with Crippen LogP contribution in [0.3, 0.4) is 0 Å².